The number of hydrogen-bond acceptors (Lipinski definition) is 7. The number of rotatable bonds is 7. The lowest BCUT2D eigenvalue weighted by atomic mass is 10.1. The van der Waals surface area contributed by atoms with E-state index in [2.05, 4.69) is 0 Å². The van der Waals surface area contributed by atoms with Crippen molar-refractivity contribution in [2.75, 3.05) is 0 Å². The van der Waals surface area contributed by atoms with Crippen LogP contribution >= 0.6 is 0 Å². The Hall–Kier alpha value is -4.28. The highest BCUT2D eigenvalue weighted by Gasteiger charge is 2.24. The molecule has 0 unspecified atom stereocenters. The molecule has 2 rings (SSSR count). The molecule has 11 nitrogen and oxygen atoms in total. The van der Waals surface area contributed by atoms with Gasteiger partial charge in [-0.15, -0.1) is 0 Å². The van der Waals surface area contributed by atoms with Crippen molar-refractivity contribution >= 4 is 29.5 Å². The summed E-state index contributed by atoms with van der Waals surface area (Å²) < 4.78 is 4.91. The molecule has 1 amide bonds. The Balaban J connectivity index is 2.19. The summed E-state index contributed by atoms with van der Waals surface area (Å²) in [5, 5.41) is 33.0. The van der Waals surface area contributed by atoms with Gasteiger partial charge in [0.1, 0.15) is 12.3 Å². The highest BCUT2D eigenvalue weighted by molar-refractivity contribution is 5.95. The molecule has 0 aliphatic carbocycles. The topological polar surface area (TPSA) is 162 Å². The maximum Gasteiger partial charge on any atom is 0.412 e. The molecule has 144 valence electrons. The Bertz CT molecular complexity index is 956. The van der Waals surface area contributed by atoms with Crippen LogP contribution in [0.2, 0.25) is 0 Å². The summed E-state index contributed by atoms with van der Waals surface area (Å²) in [4.78, 5) is 43.0. The molecule has 0 heterocycles. The number of ether oxygens (including phenoxy) is 1. The first-order valence-electron chi connectivity index (χ1n) is 7.63. The number of benzene rings is 2. The summed E-state index contributed by atoms with van der Waals surface area (Å²) in [5.41, 5.74) is -1.52. The second kappa shape index (κ2) is 8.89. The van der Waals surface area contributed by atoms with Crippen molar-refractivity contribution in [3.05, 3.63) is 85.6 Å². The summed E-state index contributed by atoms with van der Waals surface area (Å²) in [6.07, 6.45) is -0.128. The molecular weight excluding hydrogens is 374 g/mol. The highest BCUT2D eigenvalue weighted by atomic mass is 16.6. The van der Waals surface area contributed by atoms with Crippen LogP contribution in [0.3, 0.4) is 0 Å². The van der Waals surface area contributed by atoms with E-state index in [1.54, 1.807) is 30.3 Å². The van der Waals surface area contributed by atoms with E-state index in [9.17, 15) is 34.9 Å². The van der Waals surface area contributed by atoms with Gasteiger partial charge in [-0.25, -0.2) is 9.59 Å². The normalized spacial score (nSPS) is 10.8. The number of carboxylic acid groups (broad SMARTS) is 1. The van der Waals surface area contributed by atoms with Crippen LogP contribution in [0.5, 0.6) is 0 Å². The minimum absolute atomic E-state index is 0.0296. The lowest BCUT2D eigenvalue weighted by Gasteiger charge is -2.08. The fraction of sp³-hybridized carbons (Fsp3) is 0.0588. The number of nitrogens with zero attached hydrogens (tertiary/aromatic N) is 2. The molecule has 0 aliphatic heterocycles. The van der Waals surface area contributed by atoms with Crippen molar-refractivity contribution in [1.29, 1.82) is 0 Å². The number of alkyl carbamates (subject to hydrolysis) is 1. The van der Waals surface area contributed by atoms with Gasteiger partial charge in [-0.2, -0.15) is 0 Å². The molecule has 2 aromatic carbocycles. The van der Waals surface area contributed by atoms with Gasteiger partial charge < -0.3 is 9.84 Å². The van der Waals surface area contributed by atoms with Crippen molar-refractivity contribution in [1.82, 2.24) is 5.32 Å². The molecular formula is C17H13N3O8. The monoisotopic (exact) mass is 387 g/mol. The summed E-state index contributed by atoms with van der Waals surface area (Å²) in [5.74, 6) is -1.53. The summed E-state index contributed by atoms with van der Waals surface area (Å²) in [7, 11) is 0. The Morgan fingerprint density at radius 1 is 1.04 bits per heavy atom. The molecule has 2 N–H and O–H groups in total. The third-order valence-corrected chi connectivity index (χ3v) is 3.38. The molecule has 2 aromatic rings. The molecule has 0 saturated carbocycles. The second-order valence-corrected chi connectivity index (χ2v) is 5.31. The fourth-order valence-corrected chi connectivity index (χ4v) is 2.12. The van der Waals surface area contributed by atoms with Crippen LogP contribution in [-0.2, 0) is 16.1 Å². The number of carboxylic acids is 1. The van der Waals surface area contributed by atoms with E-state index in [1.165, 1.54) is 0 Å². The lowest BCUT2D eigenvalue weighted by Crippen LogP contribution is -2.27. The number of nitrogens with one attached hydrogen (secondary N) is 1. The molecule has 0 aliphatic rings. The van der Waals surface area contributed by atoms with E-state index >= 15 is 0 Å². The number of carbonyl (C=O) groups excluding carboxylic acids is 1. The maximum atomic E-state index is 11.8. The highest BCUT2D eigenvalue weighted by Crippen LogP contribution is 2.28. The standard InChI is InChI=1S/C17H13N3O8/c21-16(22)13(18-17(23)28-10-11-4-2-1-3-5-11)8-12-6-7-14(19(24)25)15(9-12)20(26)27/h1-9H,10H2,(H,18,23)(H,21,22)/b13-8+. The van der Waals surface area contributed by atoms with E-state index in [0.717, 1.165) is 24.3 Å². The average molecular weight is 387 g/mol. The molecule has 0 bridgehead atoms. The van der Waals surface area contributed by atoms with Crippen LogP contribution in [0.1, 0.15) is 11.1 Å². The van der Waals surface area contributed by atoms with Gasteiger partial charge in [0.15, 0.2) is 0 Å². The van der Waals surface area contributed by atoms with Crippen LogP contribution in [-0.4, -0.2) is 27.0 Å². The first-order valence-corrected chi connectivity index (χ1v) is 7.63. The van der Waals surface area contributed by atoms with Crippen LogP contribution in [0, 0.1) is 20.2 Å². The number of nitro groups is 2. The SMILES string of the molecule is O=C(N/C(=C/c1ccc([N+](=O)[O-])c([N+](=O)[O-])c1)C(=O)O)OCc1ccccc1. The number of amides is 1. The predicted octanol–water partition coefficient (Wildman–Crippen LogP) is 2.85. The largest absolute Gasteiger partial charge is 0.477 e. The van der Waals surface area contributed by atoms with E-state index < -0.39 is 39.0 Å². The quantitative estimate of drug-likeness (QED) is 0.416. The van der Waals surface area contributed by atoms with Crippen molar-refractivity contribution in [2.45, 2.75) is 6.61 Å². The zero-order valence-corrected chi connectivity index (χ0v) is 14.1. The van der Waals surface area contributed by atoms with Gasteiger partial charge in [-0.1, -0.05) is 30.3 Å². The maximum absolute atomic E-state index is 11.8. The molecule has 0 radical (unpaired) electrons. The third kappa shape index (κ3) is 5.36. The van der Waals surface area contributed by atoms with E-state index in [0.29, 0.717) is 5.56 Å². The van der Waals surface area contributed by atoms with E-state index in [4.69, 9.17) is 4.74 Å². The smallest absolute Gasteiger partial charge is 0.412 e. The molecule has 0 saturated heterocycles. The first-order chi connectivity index (χ1) is 13.3. The number of hydrogen-bond donors (Lipinski definition) is 2. The lowest BCUT2D eigenvalue weighted by molar-refractivity contribution is -0.422. The van der Waals surface area contributed by atoms with E-state index in [-0.39, 0.29) is 12.2 Å². The second-order valence-electron chi connectivity index (χ2n) is 5.31. The molecule has 0 fully saturated rings. The van der Waals surface area contributed by atoms with E-state index in [1.807, 2.05) is 5.32 Å². The Morgan fingerprint density at radius 3 is 2.25 bits per heavy atom. The molecule has 11 heteroatoms. The number of nitro benzene ring substituents is 2. The minimum Gasteiger partial charge on any atom is -0.477 e. The molecule has 0 aromatic heterocycles. The predicted molar refractivity (Wildman–Crippen MR) is 95.1 cm³/mol. The van der Waals surface area contributed by atoms with Crippen molar-refractivity contribution < 1.29 is 29.3 Å². The first kappa shape index (κ1) is 20.0. The van der Waals surface area contributed by atoms with Gasteiger partial charge in [0.05, 0.1) is 9.85 Å². The van der Waals surface area contributed by atoms with Crippen LogP contribution in [0.15, 0.2) is 54.2 Å². The van der Waals surface area contributed by atoms with Gasteiger partial charge >= 0.3 is 23.4 Å². The minimum atomic E-state index is -1.53. The van der Waals surface area contributed by atoms with Crippen molar-refractivity contribution in [2.24, 2.45) is 0 Å². The Kier molecular flexibility index (Phi) is 6.36. The van der Waals surface area contributed by atoms with Gasteiger partial charge in [0.25, 0.3) is 0 Å². The van der Waals surface area contributed by atoms with Crippen LogP contribution < -0.4 is 5.32 Å². The van der Waals surface area contributed by atoms with Crippen molar-refractivity contribution in [3.8, 4) is 0 Å². The third-order valence-electron chi connectivity index (χ3n) is 3.38. The Labute approximate surface area is 157 Å². The molecule has 0 spiro atoms. The van der Waals surface area contributed by atoms with Gasteiger partial charge in [-0.05, 0) is 23.3 Å². The van der Waals surface area contributed by atoms with Gasteiger partial charge in [0, 0.05) is 12.1 Å². The van der Waals surface area contributed by atoms with Crippen LogP contribution in [0.25, 0.3) is 6.08 Å². The summed E-state index contributed by atoms with van der Waals surface area (Å²) in [6, 6.07) is 11.5. The van der Waals surface area contributed by atoms with Gasteiger partial charge in [-0.3, -0.25) is 25.5 Å². The average Bonchev–Trinajstić information content (AvgIpc) is 2.66. The van der Waals surface area contributed by atoms with Crippen molar-refractivity contribution in [3.63, 3.8) is 0 Å². The Morgan fingerprint density at radius 2 is 1.68 bits per heavy atom. The fourth-order valence-electron chi connectivity index (χ4n) is 2.12. The number of aliphatic carboxylic acids is 1. The summed E-state index contributed by atoms with van der Waals surface area (Å²) >= 11 is 0. The van der Waals surface area contributed by atoms with Gasteiger partial charge in [0.2, 0.25) is 0 Å². The van der Waals surface area contributed by atoms with Crippen LogP contribution in [0.4, 0.5) is 16.2 Å². The number of carbonyl (C=O) groups is 2. The summed E-state index contributed by atoms with van der Waals surface area (Å²) in [6.45, 7) is -0.0947. The molecule has 28 heavy (non-hydrogen) atoms. The molecule has 0 atom stereocenters. The zero-order chi connectivity index (χ0) is 20.7. The zero-order valence-electron chi connectivity index (χ0n) is 14.1.